The molecule has 3 aromatic rings. The number of hydrogen-bond donors (Lipinski definition) is 0. The Kier molecular flexibility index (Phi) is 9.40. The number of piperazine rings is 1. The Balaban J connectivity index is 1.17. The number of nitrogens with zero attached hydrogens (tertiary/aromatic N) is 5. The van der Waals surface area contributed by atoms with Gasteiger partial charge in [0.1, 0.15) is 24.0 Å². The second-order valence-electron chi connectivity index (χ2n) is 13.0. The van der Waals surface area contributed by atoms with E-state index in [0.29, 0.717) is 43.5 Å². The molecule has 2 aliphatic carbocycles. The standard InChI is InChI=1S/C36H42ClN5O4/c37-27-14-15-31-26(21-27)13-12-25-7-4-17-39-33(25)34(31)40-19-20-42(36(44)46-28-8-2-1-3-9-28)32(24-40)35(43)41-18-6-11-30(23-41)45-29-10-5-16-38-22-29/h4-5,7,10,14-17,21-22,28,30,32,34H,1-3,6,8-9,11-13,18-20,23-24H2/t30?,32-,34?/m1/s1. The smallest absolute Gasteiger partial charge is 0.410 e. The minimum Gasteiger partial charge on any atom is -0.487 e. The number of aryl methyl sites for hydroxylation is 2. The normalized spacial score (nSPS) is 24.0. The third-order valence-corrected chi connectivity index (χ3v) is 10.2. The average molecular weight is 644 g/mol. The topological polar surface area (TPSA) is 88.1 Å². The highest BCUT2D eigenvalue weighted by atomic mass is 35.5. The van der Waals surface area contributed by atoms with Crippen molar-refractivity contribution in [3.63, 3.8) is 0 Å². The predicted molar refractivity (Wildman–Crippen MR) is 175 cm³/mol. The van der Waals surface area contributed by atoms with Crippen molar-refractivity contribution in [1.82, 2.24) is 24.7 Å². The lowest BCUT2D eigenvalue weighted by Gasteiger charge is -2.45. The molecule has 7 rings (SSSR count). The van der Waals surface area contributed by atoms with Gasteiger partial charge in [0.25, 0.3) is 0 Å². The maximum atomic E-state index is 14.5. The highest BCUT2D eigenvalue weighted by Crippen LogP contribution is 2.38. The molecule has 9 nitrogen and oxygen atoms in total. The van der Waals surface area contributed by atoms with Crippen LogP contribution in [0.3, 0.4) is 0 Å². The molecule has 242 valence electrons. The number of rotatable bonds is 5. The lowest BCUT2D eigenvalue weighted by molar-refractivity contribution is -0.142. The maximum Gasteiger partial charge on any atom is 0.410 e. The van der Waals surface area contributed by atoms with Crippen LogP contribution in [0.4, 0.5) is 4.79 Å². The Morgan fingerprint density at radius 1 is 0.848 bits per heavy atom. The largest absolute Gasteiger partial charge is 0.487 e. The van der Waals surface area contributed by atoms with Crippen LogP contribution in [-0.4, -0.2) is 87.6 Å². The lowest BCUT2D eigenvalue weighted by atomic mass is 9.95. The zero-order valence-corrected chi connectivity index (χ0v) is 27.0. The average Bonchev–Trinajstić information content (AvgIpc) is 3.25. The van der Waals surface area contributed by atoms with Crippen LogP contribution in [0, 0.1) is 0 Å². The summed E-state index contributed by atoms with van der Waals surface area (Å²) in [5, 5.41) is 0.716. The van der Waals surface area contributed by atoms with Crippen LogP contribution in [0.1, 0.15) is 73.4 Å². The summed E-state index contributed by atoms with van der Waals surface area (Å²) < 4.78 is 12.3. The molecule has 0 spiro atoms. The van der Waals surface area contributed by atoms with Crippen LogP contribution in [0.2, 0.25) is 5.02 Å². The summed E-state index contributed by atoms with van der Waals surface area (Å²) in [7, 11) is 0. The molecule has 0 radical (unpaired) electrons. The number of aromatic nitrogens is 2. The number of piperidine rings is 1. The van der Waals surface area contributed by atoms with E-state index >= 15 is 0 Å². The number of pyridine rings is 2. The summed E-state index contributed by atoms with van der Waals surface area (Å²) in [4.78, 5) is 43.3. The summed E-state index contributed by atoms with van der Waals surface area (Å²) >= 11 is 6.47. The van der Waals surface area contributed by atoms with E-state index in [1.807, 2.05) is 35.4 Å². The molecule has 2 aliphatic heterocycles. The van der Waals surface area contributed by atoms with Crippen LogP contribution in [0.25, 0.3) is 0 Å². The first-order valence-electron chi connectivity index (χ1n) is 16.8. The van der Waals surface area contributed by atoms with Gasteiger partial charge in [-0.2, -0.15) is 0 Å². The van der Waals surface area contributed by atoms with E-state index in [1.165, 1.54) is 17.5 Å². The van der Waals surface area contributed by atoms with Crippen LogP contribution < -0.4 is 4.74 Å². The monoisotopic (exact) mass is 643 g/mol. The molecule has 2 aromatic heterocycles. The number of carbonyl (C=O) groups excluding carboxylic acids is 2. The number of halogens is 1. The molecule has 10 heteroatoms. The quantitative estimate of drug-likeness (QED) is 0.345. The molecule has 1 aromatic carbocycles. The van der Waals surface area contributed by atoms with Gasteiger partial charge < -0.3 is 14.4 Å². The fourth-order valence-electron chi connectivity index (χ4n) is 7.67. The SMILES string of the molecule is O=C([C@H]1CN(C2c3ccc(Cl)cc3CCc3cccnc32)CCN1C(=O)OC1CCCCC1)N1CCCC(Oc2cccnc2)C1. The fraction of sp³-hybridized carbons (Fsp3) is 0.500. The van der Waals surface area contributed by atoms with Gasteiger partial charge in [-0.3, -0.25) is 24.6 Å². The van der Waals surface area contributed by atoms with Crippen molar-refractivity contribution in [2.45, 2.75) is 82.1 Å². The van der Waals surface area contributed by atoms with Gasteiger partial charge in [0.15, 0.2) is 0 Å². The molecule has 3 fully saturated rings. The van der Waals surface area contributed by atoms with Gasteiger partial charge in [0, 0.05) is 43.6 Å². The first-order chi connectivity index (χ1) is 22.5. The van der Waals surface area contributed by atoms with Crippen molar-refractivity contribution in [1.29, 1.82) is 0 Å². The molecular formula is C36H42ClN5O4. The van der Waals surface area contributed by atoms with Crippen LogP contribution >= 0.6 is 11.6 Å². The predicted octanol–water partition coefficient (Wildman–Crippen LogP) is 5.84. The van der Waals surface area contributed by atoms with Crippen molar-refractivity contribution >= 4 is 23.6 Å². The van der Waals surface area contributed by atoms with Crippen LogP contribution in [-0.2, 0) is 22.4 Å². The van der Waals surface area contributed by atoms with Crippen LogP contribution in [0.15, 0.2) is 61.1 Å². The molecule has 4 aliphatic rings. The Labute approximate surface area is 275 Å². The van der Waals surface area contributed by atoms with Crippen molar-refractivity contribution in [3.8, 4) is 5.75 Å². The molecule has 2 amide bonds. The van der Waals surface area contributed by atoms with Crippen LogP contribution in [0.5, 0.6) is 5.75 Å². The van der Waals surface area contributed by atoms with Gasteiger partial charge in [-0.1, -0.05) is 30.2 Å². The molecule has 46 heavy (non-hydrogen) atoms. The first-order valence-corrected chi connectivity index (χ1v) is 17.2. The molecule has 1 saturated carbocycles. The summed E-state index contributed by atoms with van der Waals surface area (Å²) in [6.07, 6.45) is 13.2. The van der Waals surface area contributed by atoms with Gasteiger partial charge in [-0.25, -0.2) is 4.79 Å². The number of likely N-dealkylation sites (tertiary alicyclic amines) is 1. The molecule has 4 heterocycles. The summed E-state index contributed by atoms with van der Waals surface area (Å²) in [6, 6.07) is 13.2. The maximum absolute atomic E-state index is 14.5. The third kappa shape index (κ3) is 6.72. The molecular weight excluding hydrogens is 602 g/mol. The number of benzene rings is 1. The van der Waals surface area contributed by atoms with Crippen molar-refractivity contribution in [3.05, 3.63) is 88.5 Å². The summed E-state index contributed by atoms with van der Waals surface area (Å²) in [5.41, 5.74) is 4.57. The summed E-state index contributed by atoms with van der Waals surface area (Å²) in [6.45, 7) is 2.46. The van der Waals surface area contributed by atoms with E-state index in [1.54, 1.807) is 17.3 Å². The van der Waals surface area contributed by atoms with E-state index < -0.39 is 6.04 Å². The van der Waals surface area contributed by atoms with E-state index in [-0.39, 0.29) is 30.3 Å². The Hall–Kier alpha value is -3.69. The fourth-order valence-corrected chi connectivity index (χ4v) is 7.86. The molecule has 2 unspecified atom stereocenters. The van der Waals surface area contributed by atoms with E-state index in [9.17, 15) is 9.59 Å². The van der Waals surface area contributed by atoms with Gasteiger partial charge >= 0.3 is 6.09 Å². The van der Waals surface area contributed by atoms with Gasteiger partial charge in [0.05, 0.1) is 24.5 Å². The highest BCUT2D eigenvalue weighted by Gasteiger charge is 2.43. The number of hydrogen-bond acceptors (Lipinski definition) is 7. The number of carbonyl (C=O) groups is 2. The Morgan fingerprint density at radius 2 is 1.67 bits per heavy atom. The Morgan fingerprint density at radius 3 is 2.52 bits per heavy atom. The highest BCUT2D eigenvalue weighted by molar-refractivity contribution is 6.30. The zero-order valence-electron chi connectivity index (χ0n) is 26.2. The second-order valence-corrected chi connectivity index (χ2v) is 13.4. The lowest BCUT2D eigenvalue weighted by Crippen LogP contribution is -2.63. The molecule has 0 N–H and O–H groups in total. The minimum atomic E-state index is -0.687. The second kappa shape index (κ2) is 14.0. The first kappa shape index (κ1) is 30.9. The van der Waals surface area contributed by atoms with Crippen molar-refractivity contribution in [2.75, 3.05) is 32.7 Å². The number of ether oxygens (including phenoxy) is 2. The Bertz CT molecular complexity index is 1530. The molecule has 2 saturated heterocycles. The van der Waals surface area contributed by atoms with E-state index in [2.05, 4.69) is 28.1 Å². The van der Waals surface area contributed by atoms with E-state index in [0.717, 1.165) is 62.6 Å². The van der Waals surface area contributed by atoms with Gasteiger partial charge in [-0.05, 0) is 98.4 Å². The summed E-state index contributed by atoms with van der Waals surface area (Å²) in [5.74, 6) is 0.637. The molecule has 3 atom stereocenters. The van der Waals surface area contributed by atoms with E-state index in [4.69, 9.17) is 26.1 Å². The van der Waals surface area contributed by atoms with Gasteiger partial charge in [-0.15, -0.1) is 0 Å². The van der Waals surface area contributed by atoms with Crippen molar-refractivity contribution in [2.24, 2.45) is 0 Å². The molecule has 0 bridgehead atoms. The zero-order chi connectivity index (χ0) is 31.5. The number of amides is 2. The van der Waals surface area contributed by atoms with Crippen molar-refractivity contribution < 1.29 is 19.1 Å². The number of fused-ring (bicyclic) bond motifs is 2. The minimum absolute atomic E-state index is 0.0593. The van der Waals surface area contributed by atoms with Gasteiger partial charge in [0.2, 0.25) is 5.91 Å². The third-order valence-electron chi connectivity index (χ3n) is 9.99.